The number of fused-ring (bicyclic) bond motifs is 1. The van der Waals surface area contributed by atoms with E-state index >= 15 is 0 Å². The molecule has 0 aliphatic carbocycles. The van der Waals surface area contributed by atoms with Crippen molar-refractivity contribution in [1.29, 1.82) is 0 Å². The minimum atomic E-state index is -1.02. The minimum absolute atomic E-state index is 0.149. The summed E-state index contributed by atoms with van der Waals surface area (Å²) in [6, 6.07) is 14.1. The van der Waals surface area contributed by atoms with Gasteiger partial charge in [-0.25, -0.2) is 0 Å². The van der Waals surface area contributed by atoms with Crippen LogP contribution in [0, 0.1) is 0 Å². The van der Waals surface area contributed by atoms with E-state index in [1.807, 2.05) is 6.07 Å². The van der Waals surface area contributed by atoms with Crippen LogP contribution in [0.1, 0.15) is 18.9 Å². The number of hydrogen-bond acceptors (Lipinski definition) is 5. The van der Waals surface area contributed by atoms with Crippen LogP contribution in [-0.2, 0) is 25.7 Å². The number of carbonyl (C=O) groups is 3. The van der Waals surface area contributed by atoms with Crippen LogP contribution in [0.2, 0.25) is 5.02 Å². The van der Waals surface area contributed by atoms with E-state index in [0.29, 0.717) is 16.5 Å². The van der Waals surface area contributed by atoms with E-state index in [1.54, 1.807) is 42.5 Å². The van der Waals surface area contributed by atoms with E-state index in [1.165, 1.54) is 11.8 Å². The van der Waals surface area contributed by atoms with E-state index in [-0.39, 0.29) is 32.0 Å². The summed E-state index contributed by atoms with van der Waals surface area (Å²) in [5, 5.41) is 3.22. The molecule has 1 aliphatic rings. The molecule has 0 spiro atoms. The molecule has 29 heavy (non-hydrogen) atoms. The minimum Gasteiger partial charge on any atom is -0.491 e. The number of carbonyl (C=O) groups excluding carboxylic acids is 3. The molecule has 2 amide bonds. The number of para-hydroxylation sites is 2. The largest absolute Gasteiger partial charge is 0.491 e. The third-order valence-corrected chi connectivity index (χ3v) is 4.77. The zero-order chi connectivity index (χ0) is 20.8. The highest BCUT2D eigenvalue weighted by Gasteiger charge is 2.27. The number of hydrogen-bond donors (Lipinski definition) is 1. The lowest BCUT2D eigenvalue weighted by Gasteiger charge is -2.22. The molecule has 3 rings (SSSR count). The molecule has 0 radical (unpaired) electrons. The molecule has 0 saturated heterocycles. The Hall–Kier alpha value is -3.06. The Kier molecular flexibility index (Phi) is 6.72. The number of amides is 2. The molecule has 0 unspecified atom stereocenters. The second kappa shape index (κ2) is 9.43. The monoisotopic (exact) mass is 416 g/mol. The van der Waals surface area contributed by atoms with E-state index in [0.717, 1.165) is 5.56 Å². The average molecular weight is 417 g/mol. The van der Waals surface area contributed by atoms with Gasteiger partial charge in [0, 0.05) is 11.6 Å². The number of halogens is 1. The van der Waals surface area contributed by atoms with Crippen LogP contribution < -0.4 is 15.0 Å². The summed E-state index contributed by atoms with van der Waals surface area (Å²) in [5.74, 6) is -0.862. The SMILES string of the molecule is C[C@@H](OC(=O)CN1C(=O)CCOc2ccccc21)C(=O)NCc1ccccc1Cl. The van der Waals surface area contributed by atoms with Crippen LogP contribution in [0.5, 0.6) is 5.75 Å². The van der Waals surface area contributed by atoms with Crippen molar-refractivity contribution in [2.75, 3.05) is 18.1 Å². The first-order valence-electron chi connectivity index (χ1n) is 9.18. The predicted molar refractivity (Wildman–Crippen MR) is 108 cm³/mol. The van der Waals surface area contributed by atoms with Crippen LogP contribution in [0.25, 0.3) is 0 Å². The Balaban J connectivity index is 1.57. The maximum Gasteiger partial charge on any atom is 0.326 e. The summed E-state index contributed by atoms with van der Waals surface area (Å²) in [6.07, 6.45) is -0.867. The van der Waals surface area contributed by atoms with Gasteiger partial charge >= 0.3 is 5.97 Å². The molecular formula is C21H21ClN2O5. The number of esters is 1. The first-order chi connectivity index (χ1) is 14.0. The van der Waals surface area contributed by atoms with Crippen molar-refractivity contribution < 1.29 is 23.9 Å². The molecule has 0 fully saturated rings. The van der Waals surface area contributed by atoms with Gasteiger partial charge in [0.25, 0.3) is 5.91 Å². The van der Waals surface area contributed by atoms with Crippen molar-refractivity contribution in [2.24, 2.45) is 0 Å². The molecule has 2 aromatic carbocycles. The fourth-order valence-corrected chi connectivity index (χ4v) is 3.08. The number of nitrogens with one attached hydrogen (secondary N) is 1. The predicted octanol–water partition coefficient (Wildman–Crippen LogP) is 2.70. The molecule has 152 valence electrons. The van der Waals surface area contributed by atoms with E-state index in [4.69, 9.17) is 21.1 Å². The summed E-state index contributed by atoms with van der Waals surface area (Å²) >= 11 is 6.06. The number of nitrogens with zero attached hydrogens (tertiary/aromatic N) is 1. The van der Waals surface area contributed by atoms with E-state index < -0.39 is 18.0 Å². The molecule has 8 heteroatoms. The number of rotatable bonds is 6. The molecule has 2 aromatic rings. The Morgan fingerprint density at radius 2 is 1.93 bits per heavy atom. The highest BCUT2D eigenvalue weighted by Crippen LogP contribution is 2.30. The fraction of sp³-hybridized carbons (Fsp3) is 0.286. The molecule has 1 N–H and O–H groups in total. The zero-order valence-corrected chi connectivity index (χ0v) is 16.6. The zero-order valence-electron chi connectivity index (χ0n) is 15.9. The maximum atomic E-state index is 12.4. The second-order valence-electron chi connectivity index (χ2n) is 6.49. The van der Waals surface area contributed by atoms with Crippen molar-refractivity contribution in [1.82, 2.24) is 5.32 Å². The number of benzene rings is 2. The first kappa shape index (κ1) is 20.7. The summed E-state index contributed by atoms with van der Waals surface area (Å²) in [6.45, 7) is 1.63. The normalized spacial score (nSPS) is 14.3. The van der Waals surface area contributed by atoms with E-state index in [2.05, 4.69) is 5.32 Å². The molecule has 1 heterocycles. The van der Waals surface area contributed by atoms with Crippen LogP contribution >= 0.6 is 11.6 Å². The Labute approximate surface area is 173 Å². The van der Waals surface area contributed by atoms with Gasteiger partial charge in [0.05, 0.1) is 18.7 Å². The molecule has 1 aliphatic heterocycles. The topological polar surface area (TPSA) is 84.9 Å². The molecular weight excluding hydrogens is 396 g/mol. The van der Waals surface area contributed by atoms with Gasteiger partial charge in [-0.15, -0.1) is 0 Å². The van der Waals surface area contributed by atoms with Crippen molar-refractivity contribution in [3.8, 4) is 5.75 Å². The third-order valence-electron chi connectivity index (χ3n) is 4.41. The van der Waals surface area contributed by atoms with Gasteiger partial charge in [-0.2, -0.15) is 0 Å². The first-order valence-corrected chi connectivity index (χ1v) is 9.56. The van der Waals surface area contributed by atoms with E-state index in [9.17, 15) is 14.4 Å². The van der Waals surface area contributed by atoms with Gasteiger partial charge in [-0.1, -0.05) is 41.9 Å². The Bertz CT molecular complexity index is 917. The summed E-state index contributed by atoms with van der Waals surface area (Å²) < 4.78 is 10.8. The van der Waals surface area contributed by atoms with Crippen LogP contribution in [-0.4, -0.2) is 37.0 Å². The van der Waals surface area contributed by atoms with Gasteiger partial charge in [-0.3, -0.25) is 19.3 Å². The lowest BCUT2D eigenvalue weighted by Crippen LogP contribution is -2.40. The maximum absolute atomic E-state index is 12.4. The van der Waals surface area contributed by atoms with Gasteiger partial charge in [-0.05, 0) is 30.7 Å². The number of ether oxygens (including phenoxy) is 2. The van der Waals surface area contributed by atoms with Crippen molar-refractivity contribution in [3.63, 3.8) is 0 Å². The van der Waals surface area contributed by atoms with Gasteiger partial charge < -0.3 is 14.8 Å². The van der Waals surface area contributed by atoms with Gasteiger partial charge in [0.15, 0.2) is 6.10 Å². The Morgan fingerprint density at radius 3 is 2.72 bits per heavy atom. The van der Waals surface area contributed by atoms with Crippen LogP contribution in [0.4, 0.5) is 5.69 Å². The van der Waals surface area contributed by atoms with Gasteiger partial charge in [0.1, 0.15) is 12.3 Å². The molecule has 0 aromatic heterocycles. The number of anilines is 1. The van der Waals surface area contributed by atoms with Crippen LogP contribution in [0.15, 0.2) is 48.5 Å². The second-order valence-corrected chi connectivity index (χ2v) is 6.89. The smallest absolute Gasteiger partial charge is 0.326 e. The summed E-state index contributed by atoms with van der Waals surface area (Å²) in [4.78, 5) is 38.3. The molecule has 7 nitrogen and oxygen atoms in total. The molecule has 0 bridgehead atoms. The quantitative estimate of drug-likeness (QED) is 0.732. The third kappa shape index (κ3) is 5.26. The van der Waals surface area contributed by atoms with Crippen molar-refractivity contribution >= 4 is 35.1 Å². The highest BCUT2D eigenvalue weighted by atomic mass is 35.5. The standard InChI is InChI=1S/C21H21ClN2O5/c1-14(21(27)23-12-15-6-2-3-7-16(15)22)29-20(26)13-24-17-8-4-5-9-18(17)28-11-10-19(24)25/h2-9,14H,10-13H2,1H3,(H,23,27)/t14-/m1/s1. The molecule has 1 atom stereocenters. The highest BCUT2D eigenvalue weighted by molar-refractivity contribution is 6.31. The lowest BCUT2D eigenvalue weighted by atomic mass is 10.2. The van der Waals surface area contributed by atoms with Crippen molar-refractivity contribution in [3.05, 3.63) is 59.1 Å². The molecule has 0 saturated carbocycles. The fourth-order valence-electron chi connectivity index (χ4n) is 2.88. The Morgan fingerprint density at radius 1 is 1.21 bits per heavy atom. The summed E-state index contributed by atoms with van der Waals surface area (Å²) in [7, 11) is 0. The average Bonchev–Trinajstić information content (AvgIpc) is 2.86. The van der Waals surface area contributed by atoms with Crippen molar-refractivity contribution in [2.45, 2.75) is 26.0 Å². The van der Waals surface area contributed by atoms with Gasteiger partial charge in [0.2, 0.25) is 5.91 Å². The van der Waals surface area contributed by atoms with Crippen LogP contribution in [0.3, 0.4) is 0 Å². The lowest BCUT2D eigenvalue weighted by molar-refractivity contribution is -0.153. The summed E-state index contributed by atoms with van der Waals surface area (Å²) in [5.41, 5.74) is 1.26.